The van der Waals surface area contributed by atoms with Gasteiger partial charge in [0.2, 0.25) is 5.91 Å². The first kappa shape index (κ1) is 17.2. The third kappa shape index (κ3) is 4.45. The molecule has 6 nitrogen and oxygen atoms in total. The maximum atomic E-state index is 12.5. The number of carbonyl (C=O) groups excluding carboxylic acids is 1. The van der Waals surface area contributed by atoms with Crippen molar-refractivity contribution in [3.63, 3.8) is 0 Å². The quantitative estimate of drug-likeness (QED) is 0.862. The van der Waals surface area contributed by atoms with E-state index in [0.717, 1.165) is 37.7 Å². The van der Waals surface area contributed by atoms with Gasteiger partial charge in [-0.25, -0.2) is 4.98 Å². The lowest BCUT2D eigenvalue weighted by Crippen LogP contribution is -2.37. The van der Waals surface area contributed by atoms with Crippen LogP contribution in [0.2, 0.25) is 0 Å². The van der Waals surface area contributed by atoms with Crippen molar-refractivity contribution in [2.75, 3.05) is 49.6 Å². The number of hydrogen-bond donors (Lipinski definition) is 2. The molecule has 0 saturated carbocycles. The summed E-state index contributed by atoms with van der Waals surface area (Å²) in [5.41, 5.74) is 0.807. The highest BCUT2D eigenvalue weighted by molar-refractivity contribution is 5.93. The third-order valence-corrected chi connectivity index (χ3v) is 5.07. The minimum absolute atomic E-state index is 0.0866. The Morgan fingerprint density at radius 3 is 2.92 bits per heavy atom. The Kier molecular flexibility index (Phi) is 6.04. The van der Waals surface area contributed by atoms with E-state index in [2.05, 4.69) is 27.4 Å². The lowest BCUT2D eigenvalue weighted by molar-refractivity contribution is -0.117. The second-order valence-electron chi connectivity index (χ2n) is 6.79. The largest absolute Gasteiger partial charge is 0.378 e. The highest BCUT2D eigenvalue weighted by Gasteiger charge is 2.23. The molecular weight excluding hydrogens is 304 g/mol. The molecule has 6 heteroatoms. The zero-order chi connectivity index (χ0) is 16.8. The number of amides is 1. The van der Waals surface area contributed by atoms with E-state index in [0.29, 0.717) is 31.5 Å². The lowest BCUT2D eigenvalue weighted by Gasteiger charge is -2.30. The van der Waals surface area contributed by atoms with Gasteiger partial charge in [0.05, 0.1) is 18.9 Å². The number of ether oxygens (including phenoxy) is 1. The monoisotopic (exact) mass is 332 g/mol. The predicted molar refractivity (Wildman–Crippen MR) is 95.3 cm³/mol. The number of hydrogen-bond acceptors (Lipinski definition) is 5. The molecule has 0 bridgehead atoms. The second-order valence-corrected chi connectivity index (χ2v) is 6.79. The molecule has 2 N–H and O–H groups in total. The smallest absolute Gasteiger partial charge is 0.224 e. The number of aromatic nitrogens is 1. The van der Waals surface area contributed by atoms with Crippen LogP contribution in [0.25, 0.3) is 0 Å². The zero-order valence-corrected chi connectivity index (χ0v) is 14.5. The van der Waals surface area contributed by atoms with Crippen LogP contribution >= 0.6 is 0 Å². The van der Waals surface area contributed by atoms with Gasteiger partial charge in [-0.3, -0.25) is 4.79 Å². The van der Waals surface area contributed by atoms with Crippen molar-refractivity contribution in [3.05, 3.63) is 18.3 Å². The van der Waals surface area contributed by atoms with E-state index >= 15 is 0 Å². The van der Waals surface area contributed by atoms with Crippen molar-refractivity contribution >= 4 is 17.4 Å². The van der Waals surface area contributed by atoms with Crippen molar-refractivity contribution < 1.29 is 9.53 Å². The Morgan fingerprint density at radius 1 is 1.42 bits per heavy atom. The summed E-state index contributed by atoms with van der Waals surface area (Å²) in [4.78, 5) is 19.2. The van der Waals surface area contributed by atoms with Crippen LogP contribution in [0.5, 0.6) is 0 Å². The number of anilines is 2. The Morgan fingerprint density at radius 2 is 2.17 bits per heavy atom. The van der Waals surface area contributed by atoms with Crippen LogP contribution in [0.15, 0.2) is 18.3 Å². The zero-order valence-electron chi connectivity index (χ0n) is 14.5. The molecular formula is C18H28N4O2. The molecule has 1 amide bonds. The molecule has 3 rings (SSSR count). The molecule has 2 saturated heterocycles. The molecule has 2 aliphatic rings. The second kappa shape index (κ2) is 8.44. The van der Waals surface area contributed by atoms with Crippen molar-refractivity contribution in [2.24, 2.45) is 11.8 Å². The lowest BCUT2D eigenvalue weighted by atomic mass is 9.84. The van der Waals surface area contributed by atoms with Crippen LogP contribution in [-0.2, 0) is 9.53 Å². The third-order valence-electron chi connectivity index (χ3n) is 5.07. The topological polar surface area (TPSA) is 66.5 Å². The van der Waals surface area contributed by atoms with E-state index in [1.54, 1.807) is 6.20 Å². The average molecular weight is 332 g/mol. The molecule has 0 spiro atoms. The molecule has 24 heavy (non-hydrogen) atoms. The summed E-state index contributed by atoms with van der Waals surface area (Å²) in [6, 6.07) is 3.81. The molecule has 0 aromatic carbocycles. The Bertz CT molecular complexity index is 540. The van der Waals surface area contributed by atoms with Crippen molar-refractivity contribution in [1.29, 1.82) is 0 Å². The summed E-state index contributed by atoms with van der Waals surface area (Å²) in [5, 5.41) is 6.46. The van der Waals surface area contributed by atoms with Gasteiger partial charge in [0, 0.05) is 25.7 Å². The molecule has 2 fully saturated rings. The summed E-state index contributed by atoms with van der Waals surface area (Å²) < 4.78 is 5.40. The normalized spacial score (nSPS) is 20.6. The van der Waals surface area contributed by atoms with E-state index in [1.165, 1.54) is 12.8 Å². The molecule has 1 aromatic heterocycles. The number of nitrogens with one attached hydrogen (secondary N) is 2. The first-order valence-electron chi connectivity index (χ1n) is 9.02. The van der Waals surface area contributed by atoms with Crippen molar-refractivity contribution in [3.8, 4) is 0 Å². The number of morpholine rings is 1. The summed E-state index contributed by atoms with van der Waals surface area (Å²) in [6.07, 6.45) is 4.68. The fourth-order valence-corrected chi connectivity index (χ4v) is 3.60. The van der Waals surface area contributed by atoms with Crippen LogP contribution in [0.4, 0.5) is 11.5 Å². The SMILES string of the molecule is CC(CC(=O)Nc1cccnc1N1CCOCC1)C1CCNCC1. The summed E-state index contributed by atoms with van der Waals surface area (Å²) >= 11 is 0. The summed E-state index contributed by atoms with van der Waals surface area (Å²) in [5.74, 6) is 1.99. The van der Waals surface area contributed by atoms with Crippen LogP contribution in [0.1, 0.15) is 26.2 Å². The van der Waals surface area contributed by atoms with Gasteiger partial charge in [0.15, 0.2) is 5.82 Å². The van der Waals surface area contributed by atoms with Gasteiger partial charge in [0.1, 0.15) is 0 Å². The molecule has 1 atom stereocenters. The summed E-state index contributed by atoms with van der Waals surface area (Å²) in [6.45, 7) is 7.37. The molecule has 2 aliphatic heterocycles. The van der Waals surface area contributed by atoms with Gasteiger partial charge >= 0.3 is 0 Å². The first-order chi connectivity index (χ1) is 11.7. The highest BCUT2D eigenvalue weighted by Crippen LogP contribution is 2.27. The molecule has 3 heterocycles. The fourth-order valence-electron chi connectivity index (χ4n) is 3.60. The Labute approximate surface area is 144 Å². The van der Waals surface area contributed by atoms with Crippen LogP contribution < -0.4 is 15.5 Å². The Balaban J connectivity index is 1.59. The van der Waals surface area contributed by atoms with Crippen molar-refractivity contribution in [1.82, 2.24) is 10.3 Å². The molecule has 1 aromatic rings. The minimum atomic E-state index is 0.0866. The Hall–Kier alpha value is -1.66. The average Bonchev–Trinajstić information content (AvgIpc) is 2.63. The van der Waals surface area contributed by atoms with Gasteiger partial charge in [0.25, 0.3) is 0 Å². The maximum absolute atomic E-state index is 12.5. The molecule has 1 unspecified atom stereocenters. The van der Waals surface area contributed by atoms with Crippen molar-refractivity contribution in [2.45, 2.75) is 26.2 Å². The van der Waals surface area contributed by atoms with Gasteiger partial charge in [-0.2, -0.15) is 0 Å². The van der Waals surface area contributed by atoms with E-state index in [9.17, 15) is 4.79 Å². The van der Waals surface area contributed by atoms with Crippen LogP contribution in [0.3, 0.4) is 0 Å². The van der Waals surface area contributed by atoms with Gasteiger partial charge < -0.3 is 20.3 Å². The first-order valence-corrected chi connectivity index (χ1v) is 9.02. The van der Waals surface area contributed by atoms with E-state index < -0.39 is 0 Å². The van der Waals surface area contributed by atoms with Gasteiger partial charge in [-0.1, -0.05) is 6.92 Å². The number of carbonyl (C=O) groups is 1. The fraction of sp³-hybridized carbons (Fsp3) is 0.667. The van der Waals surface area contributed by atoms with Crippen LogP contribution in [-0.4, -0.2) is 50.3 Å². The maximum Gasteiger partial charge on any atom is 0.224 e. The molecule has 0 radical (unpaired) electrons. The number of rotatable bonds is 5. The predicted octanol–water partition coefficient (Wildman–Crippen LogP) is 1.88. The molecule has 0 aliphatic carbocycles. The van der Waals surface area contributed by atoms with E-state index in [4.69, 9.17) is 4.74 Å². The summed E-state index contributed by atoms with van der Waals surface area (Å²) in [7, 11) is 0. The number of nitrogens with zero attached hydrogens (tertiary/aromatic N) is 2. The molecule has 132 valence electrons. The van der Waals surface area contributed by atoms with E-state index in [-0.39, 0.29) is 5.91 Å². The van der Waals surface area contributed by atoms with Gasteiger partial charge in [-0.15, -0.1) is 0 Å². The van der Waals surface area contributed by atoms with Gasteiger partial charge in [-0.05, 0) is 49.9 Å². The standard InChI is InChI=1S/C18H28N4O2/c1-14(15-4-7-19-8-5-15)13-17(23)21-16-3-2-6-20-18(16)22-9-11-24-12-10-22/h2-3,6,14-15,19H,4-5,7-13H2,1H3,(H,21,23). The highest BCUT2D eigenvalue weighted by atomic mass is 16.5. The minimum Gasteiger partial charge on any atom is -0.378 e. The van der Waals surface area contributed by atoms with E-state index in [1.807, 2.05) is 12.1 Å². The number of pyridine rings is 1. The van der Waals surface area contributed by atoms with Crippen LogP contribution in [0, 0.1) is 11.8 Å². The number of piperidine rings is 1.